The summed E-state index contributed by atoms with van der Waals surface area (Å²) in [6.07, 6.45) is 3.21. The minimum absolute atomic E-state index is 0.107. The highest BCUT2D eigenvalue weighted by molar-refractivity contribution is 5.70. The standard InChI is InChI=1S/C21H22F2N2/c1-24-10-9-18(14-24)25-13-16(19-12-17(22)7-8-20(19)23)11-21(25)15-5-3-2-4-6-15/h2-8,11-12,18,21H,9-10,13-14H2,1H3/t18-,21-/m0/s1. The van der Waals surface area contributed by atoms with Crippen LogP contribution in [0.25, 0.3) is 5.57 Å². The van der Waals surface area contributed by atoms with E-state index in [0.717, 1.165) is 25.1 Å². The highest BCUT2D eigenvalue weighted by atomic mass is 19.1. The molecule has 2 aromatic rings. The van der Waals surface area contributed by atoms with Crippen LogP contribution in [0.3, 0.4) is 0 Å². The van der Waals surface area contributed by atoms with Crippen LogP contribution in [-0.2, 0) is 0 Å². The van der Waals surface area contributed by atoms with E-state index in [2.05, 4.69) is 35.1 Å². The van der Waals surface area contributed by atoms with Crippen molar-refractivity contribution in [3.63, 3.8) is 0 Å². The third-order valence-corrected chi connectivity index (χ3v) is 5.32. The first-order chi connectivity index (χ1) is 12.1. The van der Waals surface area contributed by atoms with Gasteiger partial charge in [-0.1, -0.05) is 36.4 Å². The summed E-state index contributed by atoms with van der Waals surface area (Å²) in [6.45, 7) is 2.74. The van der Waals surface area contributed by atoms with Crippen LogP contribution in [0.15, 0.2) is 54.6 Å². The van der Waals surface area contributed by atoms with Crippen molar-refractivity contribution in [1.29, 1.82) is 0 Å². The van der Waals surface area contributed by atoms with Gasteiger partial charge in [0.1, 0.15) is 11.6 Å². The molecular weight excluding hydrogens is 318 g/mol. The molecule has 0 amide bonds. The summed E-state index contributed by atoms with van der Waals surface area (Å²) in [5.41, 5.74) is 2.46. The topological polar surface area (TPSA) is 6.48 Å². The monoisotopic (exact) mass is 340 g/mol. The Morgan fingerprint density at radius 1 is 1.04 bits per heavy atom. The van der Waals surface area contributed by atoms with Gasteiger partial charge in [-0.25, -0.2) is 8.78 Å². The van der Waals surface area contributed by atoms with Crippen LogP contribution < -0.4 is 0 Å². The number of likely N-dealkylation sites (N-methyl/N-ethyl adjacent to an activating group) is 1. The summed E-state index contributed by atoms with van der Waals surface area (Å²) >= 11 is 0. The van der Waals surface area contributed by atoms with Crippen molar-refractivity contribution in [3.05, 3.63) is 77.4 Å². The molecule has 2 aliphatic heterocycles. The molecule has 2 aliphatic rings. The molecule has 0 aromatic heterocycles. The van der Waals surface area contributed by atoms with E-state index in [-0.39, 0.29) is 11.9 Å². The third-order valence-electron chi connectivity index (χ3n) is 5.32. The molecule has 1 fully saturated rings. The maximum absolute atomic E-state index is 14.3. The molecule has 2 atom stereocenters. The molecule has 0 bridgehead atoms. The van der Waals surface area contributed by atoms with Gasteiger partial charge in [0.05, 0.1) is 6.04 Å². The third kappa shape index (κ3) is 3.24. The maximum atomic E-state index is 14.3. The SMILES string of the molecule is CN1CC[C@H](N2CC(c3cc(F)ccc3F)=C[C@H]2c2ccccc2)C1. The molecule has 0 spiro atoms. The van der Waals surface area contributed by atoms with Crippen LogP contribution in [0.2, 0.25) is 0 Å². The summed E-state index contributed by atoms with van der Waals surface area (Å²) in [5, 5.41) is 0. The van der Waals surface area contributed by atoms with Crippen molar-refractivity contribution in [2.45, 2.75) is 18.5 Å². The molecule has 0 unspecified atom stereocenters. The lowest BCUT2D eigenvalue weighted by molar-refractivity contribution is 0.197. The summed E-state index contributed by atoms with van der Waals surface area (Å²) in [5.74, 6) is -0.752. The van der Waals surface area contributed by atoms with Gasteiger partial charge in [-0.2, -0.15) is 0 Å². The van der Waals surface area contributed by atoms with Gasteiger partial charge in [0.25, 0.3) is 0 Å². The highest BCUT2D eigenvalue weighted by Gasteiger charge is 2.35. The molecule has 25 heavy (non-hydrogen) atoms. The maximum Gasteiger partial charge on any atom is 0.130 e. The summed E-state index contributed by atoms with van der Waals surface area (Å²) in [6, 6.07) is 14.5. The molecule has 2 nitrogen and oxygen atoms in total. The number of benzene rings is 2. The van der Waals surface area contributed by atoms with Gasteiger partial charge in [-0.15, -0.1) is 0 Å². The number of hydrogen-bond donors (Lipinski definition) is 0. The second kappa shape index (κ2) is 6.70. The summed E-state index contributed by atoms with van der Waals surface area (Å²) < 4.78 is 27.9. The summed E-state index contributed by atoms with van der Waals surface area (Å²) in [4.78, 5) is 4.76. The van der Waals surface area contributed by atoms with Crippen molar-refractivity contribution < 1.29 is 8.78 Å². The Balaban J connectivity index is 1.71. The van der Waals surface area contributed by atoms with Gasteiger partial charge >= 0.3 is 0 Å². The quantitative estimate of drug-likeness (QED) is 0.830. The van der Waals surface area contributed by atoms with Crippen molar-refractivity contribution >= 4 is 5.57 Å². The molecule has 4 rings (SSSR count). The van der Waals surface area contributed by atoms with E-state index in [1.165, 1.54) is 23.8 Å². The van der Waals surface area contributed by atoms with E-state index >= 15 is 0 Å². The van der Waals surface area contributed by atoms with E-state index < -0.39 is 5.82 Å². The zero-order chi connectivity index (χ0) is 17.4. The lowest BCUT2D eigenvalue weighted by atomic mass is 10.0. The smallest absolute Gasteiger partial charge is 0.130 e. The molecule has 1 saturated heterocycles. The zero-order valence-corrected chi connectivity index (χ0v) is 14.3. The molecule has 4 heteroatoms. The Hall–Kier alpha value is -2.04. The van der Waals surface area contributed by atoms with Gasteiger partial charge < -0.3 is 4.90 Å². The minimum atomic E-state index is -0.396. The molecule has 2 heterocycles. The van der Waals surface area contributed by atoms with E-state index in [1.54, 1.807) is 0 Å². The fourth-order valence-corrected chi connectivity index (χ4v) is 4.03. The fourth-order valence-electron chi connectivity index (χ4n) is 4.03. The predicted molar refractivity (Wildman–Crippen MR) is 96.1 cm³/mol. The van der Waals surface area contributed by atoms with Gasteiger partial charge in [0.2, 0.25) is 0 Å². The van der Waals surface area contributed by atoms with Crippen molar-refractivity contribution in [3.8, 4) is 0 Å². The lowest BCUT2D eigenvalue weighted by Gasteiger charge is -2.31. The predicted octanol–water partition coefficient (Wildman–Crippen LogP) is 4.11. The van der Waals surface area contributed by atoms with Crippen LogP contribution in [0.5, 0.6) is 0 Å². The average molecular weight is 340 g/mol. The largest absolute Gasteiger partial charge is 0.305 e. The van der Waals surface area contributed by atoms with Crippen LogP contribution in [0.1, 0.15) is 23.6 Å². The Kier molecular flexibility index (Phi) is 4.40. The number of likely N-dealkylation sites (tertiary alicyclic amines) is 1. The second-order valence-electron chi connectivity index (χ2n) is 7.05. The van der Waals surface area contributed by atoms with Crippen LogP contribution in [0.4, 0.5) is 8.78 Å². The normalized spacial score (nSPS) is 24.7. The molecule has 0 saturated carbocycles. The van der Waals surface area contributed by atoms with Gasteiger partial charge in [-0.3, -0.25) is 4.90 Å². The zero-order valence-electron chi connectivity index (χ0n) is 14.3. The Labute approximate surface area is 147 Å². The first-order valence-corrected chi connectivity index (χ1v) is 8.77. The van der Waals surface area contributed by atoms with Crippen LogP contribution >= 0.6 is 0 Å². The fraction of sp³-hybridized carbons (Fsp3) is 0.333. The molecule has 2 aromatic carbocycles. The van der Waals surface area contributed by atoms with Crippen molar-refractivity contribution in [2.24, 2.45) is 0 Å². The highest BCUT2D eigenvalue weighted by Crippen LogP contribution is 2.38. The summed E-state index contributed by atoms with van der Waals surface area (Å²) in [7, 11) is 2.13. The average Bonchev–Trinajstić information content (AvgIpc) is 3.24. The lowest BCUT2D eigenvalue weighted by Crippen LogP contribution is -2.37. The first-order valence-electron chi connectivity index (χ1n) is 8.77. The molecule has 0 N–H and O–H groups in total. The molecule has 130 valence electrons. The van der Waals surface area contributed by atoms with Crippen LogP contribution in [-0.4, -0.2) is 42.5 Å². The van der Waals surface area contributed by atoms with Gasteiger partial charge in [-0.05, 0) is 49.3 Å². The molecule has 0 aliphatic carbocycles. The molecular formula is C21H22F2N2. The number of nitrogens with zero attached hydrogens (tertiary/aromatic N) is 2. The first kappa shape index (κ1) is 16.4. The van der Waals surface area contributed by atoms with E-state index in [4.69, 9.17) is 0 Å². The Morgan fingerprint density at radius 3 is 2.56 bits per heavy atom. The number of rotatable bonds is 3. The molecule has 0 radical (unpaired) electrons. The van der Waals surface area contributed by atoms with Gasteiger partial charge in [0.15, 0.2) is 0 Å². The number of hydrogen-bond acceptors (Lipinski definition) is 2. The van der Waals surface area contributed by atoms with Crippen molar-refractivity contribution in [1.82, 2.24) is 9.80 Å². The van der Waals surface area contributed by atoms with Crippen molar-refractivity contribution in [2.75, 3.05) is 26.7 Å². The van der Waals surface area contributed by atoms with Gasteiger partial charge in [0, 0.05) is 24.7 Å². The van der Waals surface area contributed by atoms with E-state index in [9.17, 15) is 8.78 Å². The number of halogens is 2. The second-order valence-corrected chi connectivity index (χ2v) is 7.05. The Bertz CT molecular complexity index is 788. The van der Waals surface area contributed by atoms with E-state index in [1.807, 2.05) is 18.2 Å². The Morgan fingerprint density at radius 2 is 1.84 bits per heavy atom. The minimum Gasteiger partial charge on any atom is -0.305 e. The van der Waals surface area contributed by atoms with Crippen LogP contribution in [0, 0.1) is 11.6 Å². The van der Waals surface area contributed by atoms with E-state index in [0.29, 0.717) is 18.2 Å².